The number of hydrogen-bond donors (Lipinski definition) is 1. The van der Waals surface area contributed by atoms with Crippen molar-refractivity contribution in [3.8, 4) is 11.5 Å². The highest BCUT2D eigenvalue weighted by molar-refractivity contribution is 5.74. The summed E-state index contributed by atoms with van der Waals surface area (Å²) in [5.41, 5.74) is 1.13. The standard InChI is InChI=1S/C16H23NO4/c1-4-20-16(18)11(2)21-14-8-5-12(9-15(14)19-3)10-17-13-6-7-13/h5,8-9,11,13,17H,4,6-7,10H2,1-3H3. The highest BCUT2D eigenvalue weighted by atomic mass is 16.6. The second-order valence-electron chi connectivity index (χ2n) is 5.15. The van der Waals surface area contributed by atoms with Gasteiger partial charge in [0.05, 0.1) is 13.7 Å². The van der Waals surface area contributed by atoms with E-state index in [9.17, 15) is 4.79 Å². The molecule has 5 heteroatoms. The number of hydrogen-bond acceptors (Lipinski definition) is 5. The van der Waals surface area contributed by atoms with Crippen molar-refractivity contribution in [3.63, 3.8) is 0 Å². The molecule has 2 rings (SSSR count). The molecule has 0 aromatic heterocycles. The van der Waals surface area contributed by atoms with Gasteiger partial charge in [-0.25, -0.2) is 4.79 Å². The molecule has 1 saturated carbocycles. The molecule has 1 aliphatic carbocycles. The van der Waals surface area contributed by atoms with E-state index in [0.717, 1.165) is 12.1 Å². The minimum absolute atomic E-state index is 0.343. The summed E-state index contributed by atoms with van der Waals surface area (Å²) >= 11 is 0. The maximum atomic E-state index is 11.6. The quantitative estimate of drug-likeness (QED) is 0.745. The van der Waals surface area contributed by atoms with Crippen molar-refractivity contribution in [2.45, 2.75) is 45.4 Å². The Balaban J connectivity index is 1.99. The fourth-order valence-corrected chi connectivity index (χ4v) is 1.97. The van der Waals surface area contributed by atoms with E-state index in [1.54, 1.807) is 21.0 Å². The van der Waals surface area contributed by atoms with Crippen LogP contribution >= 0.6 is 0 Å². The molecule has 0 radical (unpaired) electrons. The Hall–Kier alpha value is -1.75. The number of carbonyl (C=O) groups is 1. The zero-order valence-electron chi connectivity index (χ0n) is 12.8. The predicted molar refractivity (Wildman–Crippen MR) is 79.6 cm³/mol. The zero-order valence-corrected chi connectivity index (χ0v) is 12.8. The van der Waals surface area contributed by atoms with Crippen LogP contribution in [0.25, 0.3) is 0 Å². The van der Waals surface area contributed by atoms with E-state index in [4.69, 9.17) is 14.2 Å². The molecule has 0 bridgehead atoms. The molecule has 21 heavy (non-hydrogen) atoms. The van der Waals surface area contributed by atoms with Gasteiger partial charge >= 0.3 is 5.97 Å². The first-order chi connectivity index (χ1) is 10.1. The average molecular weight is 293 g/mol. The van der Waals surface area contributed by atoms with Crippen LogP contribution in [0.2, 0.25) is 0 Å². The van der Waals surface area contributed by atoms with Crippen molar-refractivity contribution in [3.05, 3.63) is 23.8 Å². The minimum atomic E-state index is -0.658. The number of benzene rings is 1. The van der Waals surface area contributed by atoms with Crippen LogP contribution in [0.1, 0.15) is 32.3 Å². The van der Waals surface area contributed by atoms with Gasteiger partial charge in [0.1, 0.15) is 0 Å². The Morgan fingerprint density at radius 2 is 2.14 bits per heavy atom. The number of rotatable bonds is 8. The fraction of sp³-hybridized carbons (Fsp3) is 0.562. The summed E-state index contributed by atoms with van der Waals surface area (Å²) in [6.45, 7) is 4.59. The SMILES string of the molecule is CCOC(=O)C(C)Oc1ccc(CNC2CC2)cc1OC. The van der Waals surface area contributed by atoms with Gasteiger partial charge in [0.2, 0.25) is 0 Å². The van der Waals surface area contributed by atoms with Crippen molar-refractivity contribution in [1.82, 2.24) is 5.32 Å². The maximum Gasteiger partial charge on any atom is 0.347 e. The Morgan fingerprint density at radius 1 is 1.38 bits per heavy atom. The molecule has 1 aliphatic rings. The summed E-state index contributed by atoms with van der Waals surface area (Å²) in [4.78, 5) is 11.6. The van der Waals surface area contributed by atoms with Crippen LogP contribution in [0.15, 0.2) is 18.2 Å². The Bertz CT molecular complexity index is 485. The second-order valence-corrected chi connectivity index (χ2v) is 5.15. The lowest BCUT2D eigenvalue weighted by Gasteiger charge is -2.16. The molecule has 1 aromatic carbocycles. The lowest BCUT2D eigenvalue weighted by molar-refractivity contribution is -0.150. The first-order valence-electron chi connectivity index (χ1n) is 7.37. The number of carbonyl (C=O) groups excluding carboxylic acids is 1. The number of ether oxygens (including phenoxy) is 3. The molecule has 1 atom stereocenters. The maximum absolute atomic E-state index is 11.6. The van der Waals surface area contributed by atoms with Crippen molar-refractivity contribution in [2.24, 2.45) is 0 Å². The van der Waals surface area contributed by atoms with E-state index in [1.807, 2.05) is 18.2 Å². The molecule has 0 heterocycles. The summed E-state index contributed by atoms with van der Waals surface area (Å²) in [7, 11) is 1.59. The Kier molecular flexibility index (Phi) is 5.44. The molecule has 1 unspecified atom stereocenters. The van der Waals surface area contributed by atoms with Gasteiger partial charge in [0, 0.05) is 12.6 Å². The zero-order chi connectivity index (χ0) is 15.2. The molecule has 0 saturated heterocycles. The molecule has 1 N–H and O–H groups in total. The van der Waals surface area contributed by atoms with Crippen LogP contribution in [0, 0.1) is 0 Å². The van der Waals surface area contributed by atoms with Crippen LogP contribution in [0.3, 0.4) is 0 Å². The highest BCUT2D eigenvalue weighted by Crippen LogP contribution is 2.29. The van der Waals surface area contributed by atoms with Crippen LogP contribution in [0.5, 0.6) is 11.5 Å². The monoisotopic (exact) mass is 293 g/mol. The molecular weight excluding hydrogens is 270 g/mol. The van der Waals surface area contributed by atoms with Crippen molar-refractivity contribution in [2.75, 3.05) is 13.7 Å². The van der Waals surface area contributed by atoms with E-state index in [-0.39, 0.29) is 5.97 Å². The van der Waals surface area contributed by atoms with Crippen molar-refractivity contribution >= 4 is 5.97 Å². The van der Waals surface area contributed by atoms with Gasteiger partial charge in [-0.3, -0.25) is 0 Å². The van der Waals surface area contributed by atoms with Crippen LogP contribution in [0.4, 0.5) is 0 Å². The molecule has 0 spiro atoms. The van der Waals surface area contributed by atoms with Gasteiger partial charge in [0.15, 0.2) is 17.6 Å². The third-order valence-electron chi connectivity index (χ3n) is 3.32. The number of esters is 1. The molecule has 1 aromatic rings. The summed E-state index contributed by atoms with van der Waals surface area (Å²) < 4.78 is 15.9. The predicted octanol–water partition coefficient (Wildman–Crippen LogP) is 2.28. The van der Waals surface area contributed by atoms with E-state index in [2.05, 4.69) is 5.32 Å². The normalized spacial score (nSPS) is 15.4. The van der Waals surface area contributed by atoms with E-state index >= 15 is 0 Å². The summed E-state index contributed by atoms with van der Waals surface area (Å²) in [6.07, 6.45) is 1.86. The van der Waals surface area contributed by atoms with Crippen LogP contribution in [-0.2, 0) is 16.1 Å². The highest BCUT2D eigenvalue weighted by Gasteiger charge is 2.21. The lowest BCUT2D eigenvalue weighted by atomic mass is 10.2. The van der Waals surface area contributed by atoms with Crippen molar-refractivity contribution < 1.29 is 19.0 Å². The van der Waals surface area contributed by atoms with Gasteiger partial charge in [-0.2, -0.15) is 0 Å². The topological polar surface area (TPSA) is 56.8 Å². The van der Waals surface area contributed by atoms with E-state index in [0.29, 0.717) is 24.1 Å². The summed E-state index contributed by atoms with van der Waals surface area (Å²) in [5.74, 6) is 0.800. The lowest BCUT2D eigenvalue weighted by Crippen LogP contribution is -2.26. The van der Waals surface area contributed by atoms with E-state index < -0.39 is 6.10 Å². The minimum Gasteiger partial charge on any atom is -0.493 e. The van der Waals surface area contributed by atoms with Gasteiger partial charge in [-0.1, -0.05) is 6.07 Å². The average Bonchev–Trinajstić information content (AvgIpc) is 3.30. The first-order valence-corrected chi connectivity index (χ1v) is 7.37. The van der Waals surface area contributed by atoms with Crippen LogP contribution < -0.4 is 14.8 Å². The number of methoxy groups -OCH3 is 1. The molecule has 116 valence electrons. The third-order valence-corrected chi connectivity index (χ3v) is 3.32. The Labute approximate surface area is 125 Å². The third kappa shape index (κ3) is 4.63. The smallest absolute Gasteiger partial charge is 0.347 e. The molecule has 0 aliphatic heterocycles. The summed E-state index contributed by atoms with van der Waals surface area (Å²) in [5, 5.41) is 3.45. The molecule has 0 amide bonds. The molecule has 5 nitrogen and oxygen atoms in total. The summed E-state index contributed by atoms with van der Waals surface area (Å²) in [6, 6.07) is 6.40. The van der Waals surface area contributed by atoms with Crippen LogP contribution in [-0.4, -0.2) is 31.8 Å². The largest absolute Gasteiger partial charge is 0.493 e. The second kappa shape index (κ2) is 7.31. The molecular formula is C16H23NO4. The van der Waals surface area contributed by atoms with Gasteiger partial charge in [-0.05, 0) is 44.4 Å². The molecule has 1 fully saturated rings. The fourth-order valence-electron chi connectivity index (χ4n) is 1.97. The Morgan fingerprint density at radius 3 is 2.76 bits per heavy atom. The van der Waals surface area contributed by atoms with Gasteiger partial charge < -0.3 is 19.5 Å². The number of nitrogens with one attached hydrogen (secondary N) is 1. The van der Waals surface area contributed by atoms with Gasteiger partial charge in [-0.15, -0.1) is 0 Å². The van der Waals surface area contributed by atoms with Gasteiger partial charge in [0.25, 0.3) is 0 Å². The first kappa shape index (κ1) is 15.6. The van der Waals surface area contributed by atoms with Crippen molar-refractivity contribution in [1.29, 1.82) is 0 Å². The van der Waals surface area contributed by atoms with E-state index in [1.165, 1.54) is 12.8 Å².